The molecular formula is C9H11NO2S2. The first-order chi connectivity index (χ1) is 6.77. The predicted octanol–water partition coefficient (Wildman–Crippen LogP) is 2.45. The van der Waals surface area contributed by atoms with Crippen LogP contribution >= 0.6 is 23.1 Å². The molecule has 0 atom stereocenters. The van der Waals surface area contributed by atoms with Crippen LogP contribution in [0.1, 0.15) is 33.4 Å². The molecular weight excluding hydrogens is 218 g/mol. The Bertz CT molecular complexity index is 331. The van der Waals surface area contributed by atoms with E-state index >= 15 is 0 Å². The summed E-state index contributed by atoms with van der Waals surface area (Å²) in [6, 6.07) is 0. The molecule has 1 saturated heterocycles. The number of nitrogens with zero attached hydrogens (tertiary/aromatic N) is 1. The molecule has 1 fully saturated rings. The van der Waals surface area contributed by atoms with Gasteiger partial charge in [-0.25, -0.2) is 9.78 Å². The van der Waals surface area contributed by atoms with Crippen molar-refractivity contribution in [3.63, 3.8) is 0 Å². The second-order valence-corrected chi connectivity index (χ2v) is 5.54. The second-order valence-electron chi connectivity index (χ2n) is 3.25. The minimum atomic E-state index is -0.862. The molecule has 0 bridgehead atoms. The van der Waals surface area contributed by atoms with Gasteiger partial charge in [-0.2, -0.15) is 11.8 Å². The average Bonchev–Trinajstić information content (AvgIpc) is 2.68. The third-order valence-corrected chi connectivity index (χ3v) is 4.50. The molecule has 1 N–H and O–H groups in total. The summed E-state index contributed by atoms with van der Waals surface area (Å²) >= 11 is 3.29. The predicted molar refractivity (Wildman–Crippen MR) is 58.4 cm³/mol. The highest BCUT2D eigenvalue weighted by Crippen LogP contribution is 2.33. The molecule has 0 amide bonds. The van der Waals surface area contributed by atoms with E-state index in [9.17, 15) is 4.79 Å². The van der Waals surface area contributed by atoms with Crippen molar-refractivity contribution in [1.29, 1.82) is 0 Å². The summed E-state index contributed by atoms with van der Waals surface area (Å²) in [6.45, 7) is 0. The number of rotatable bonds is 2. The van der Waals surface area contributed by atoms with E-state index in [1.54, 1.807) is 0 Å². The number of carbonyl (C=O) groups is 1. The molecule has 0 unspecified atom stereocenters. The molecule has 2 rings (SSSR count). The van der Waals surface area contributed by atoms with E-state index in [0.29, 0.717) is 10.8 Å². The van der Waals surface area contributed by atoms with E-state index in [1.165, 1.54) is 29.0 Å². The zero-order valence-electron chi connectivity index (χ0n) is 7.60. The minimum Gasteiger partial charge on any atom is -0.477 e. The number of thioether (sulfide) groups is 1. The van der Waals surface area contributed by atoms with Gasteiger partial charge in [-0.3, -0.25) is 0 Å². The molecule has 2 heterocycles. The Hall–Kier alpha value is -0.550. The zero-order chi connectivity index (χ0) is 9.97. The summed E-state index contributed by atoms with van der Waals surface area (Å²) in [6.07, 6.45) is 3.75. The van der Waals surface area contributed by atoms with Gasteiger partial charge in [0.2, 0.25) is 0 Å². The third kappa shape index (κ3) is 2.09. The van der Waals surface area contributed by atoms with Crippen LogP contribution in [0.15, 0.2) is 6.20 Å². The molecule has 1 aliphatic rings. The molecule has 0 radical (unpaired) electrons. The van der Waals surface area contributed by atoms with E-state index in [0.717, 1.165) is 17.8 Å². The lowest BCUT2D eigenvalue weighted by Crippen LogP contribution is -2.07. The summed E-state index contributed by atoms with van der Waals surface area (Å²) in [5.74, 6) is 1.98. The SMILES string of the molecule is O=C(O)c1cnc(C2CCSCC2)s1. The van der Waals surface area contributed by atoms with E-state index in [4.69, 9.17) is 5.11 Å². The molecule has 5 heteroatoms. The lowest BCUT2D eigenvalue weighted by Gasteiger charge is -2.18. The van der Waals surface area contributed by atoms with E-state index in [-0.39, 0.29) is 0 Å². The highest BCUT2D eigenvalue weighted by molar-refractivity contribution is 7.99. The number of hydrogen-bond donors (Lipinski definition) is 1. The second kappa shape index (κ2) is 4.31. The molecule has 0 spiro atoms. The molecule has 14 heavy (non-hydrogen) atoms. The van der Waals surface area contributed by atoms with Crippen LogP contribution in [0.4, 0.5) is 0 Å². The Morgan fingerprint density at radius 3 is 2.79 bits per heavy atom. The average molecular weight is 229 g/mol. The molecule has 0 saturated carbocycles. The first-order valence-corrected chi connectivity index (χ1v) is 6.51. The van der Waals surface area contributed by atoms with E-state index < -0.39 is 5.97 Å². The number of hydrogen-bond acceptors (Lipinski definition) is 4. The van der Waals surface area contributed by atoms with Gasteiger partial charge in [0, 0.05) is 5.92 Å². The van der Waals surface area contributed by atoms with Crippen LogP contribution in [-0.4, -0.2) is 27.6 Å². The van der Waals surface area contributed by atoms with Gasteiger partial charge in [0.05, 0.1) is 11.2 Å². The molecule has 0 aliphatic carbocycles. The number of thiazole rings is 1. The summed E-state index contributed by atoms with van der Waals surface area (Å²) in [4.78, 5) is 15.2. The monoisotopic (exact) mass is 229 g/mol. The topological polar surface area (TPSA) is 50.2 Å². The lowest BCUT2D eigenvalue weighted by atomic mass is 10.0. The Kier molecular flexibility index (Phi) is 3.08. The van der Waals surface area contributed by atoms with Crippen LogP contribution in [-0.2, 0) is 0 Å². The highest BCUT2D eigenvalue weighted by atomic mass is 32.2. The Morgan fingerprint density at radius 2 is 2.21 bits per heavy atom. The van der Waals surface area contributed by atoms with Crippen LogP contribution in [0.25, 0.3) is 0 Å². The largest absolute Gasteiger partial charge is 0.477 e. The fourth-order valence-corrected chi connectivity index (χ4v) is 3.55. The summed E-state index contributed by atoms with van der Waals surface area (Å²) < 4.78 is 0. The van der Waals surface area contributed by atoms with Crippen LogP contribution in [0, 0.1) is 0 Å². The Labute approximate surface area is 90.6 Å². The lowest BCUT2D eigenvalue weighted by molar-refractivity contribution is 0.0702. The van der Waals surface area contributed by atoms with Gasteiger partial charge in [-0.15, -0.1) is 11.3 Å². The van der Waals surface area contributed by atoms with Crippen LogP contribution < -0.4 is 0 Å². The first-order valence-electron chi connectivity index (χ1n) is 4.54. The van der Waals surface area contributed by atoms with Gasteiger partial charge >= 0.3 is 5.97 Å². The van der Waals surface area contributed by atoms with Crippen molar-refractivity contribution in [2.24, 2.45) is 0 Å². The Morgan fingerprint density at radius 1 is 1.50 bits per heavy atom. The number of carboxylic acid groups (broad SMARTS) is 1. The maximum absolute atomic E-state index is 10.7. The van der Waals surface area contributed by atoms with Gasteiger partial charge in [0.1, 0.15) is 4.88 Å². The summed E-state index contributed by atoms with van der Waals surface area (Å²) in [5.41, 5.74) is 0. The summed E-state index contributed by atoms with van der Waals surface area (Å²) in [7, 11) is 0. The van der Waals surface area contributed by atoms with Crippen molar-refractivity contribution in [3.8, 4) is 0 Å². The van der Waals surface area contributed by atoms with Crippen LogP contribution in [0.2, 0.25) is 0 Å². The van der Waals surface area contributed by atoms with Crippen molar-refractivity contribution in [3.05, 3.63) is 16.1 Å². The van der Waals surface area contributed by atoms with Gasteiger partial charge in [0.15, 0.2) is 0 Å². The van der Waals surface area contributed by atoms with Crippen molar-refractivity contribution in [2.45, 2.75) is 18.8 Å². The zero-order valence-corrected chi connectivity index (χ0v) is 9.24. The van der Waals surface area contributed by atoms with Crippen molar-refractivity contribution >= 4 is 29.1 Å². The normalized spacial score (nSPS) is 18.3. The number of aromatic carboxylic acids is 1. The van der Waals surface area contributed by atoms with Crippen LogP contribution in [0.3, 0.4) is 0 Å². The smallest absolute Gasteiger partial charge is 0.347 e. The molecule has 3 nitrogen and oxygen atoms in total. The van der Waals surface area contributed by atoms with Crippen molar-refractivity contribution in [1.82, 2.24) is 4.98 Å². The van der Waals surface area contributed by atoms with Gasteiger partial charge in [-0.1, -0.05) is 0 Å². The van der Waals surface area contributed by atoms with E-state index in [2.05, 4.69) is 4.98 Å². The molecule has 1 aromatic heterocycles. The standard InChI is InChI=1S/C9H11NO2S2/c11-9(12)7-5-10-8(14-7)6-1-3-13-4-2-6/h5-6H,1-4H2,(H,11,12). The number of aromatic nitrogens is 1. The van der Waals surface area contributed by atoms with Gasteiger partial charge in [0.25, 0.3) is 0 Å². The minimum absolute atomic E-state index is 0.359. The van der Waals surface area contributed by atoms with Gasteiger partial charge < -0.3 is 5.11 Å². The molecule has 0 aromatic carbocycles. The molecule has 1 aromatic rings. The Balaban J connectivity index is 2.11. The van der Waals surface area contributed by atoms with E-state index in [1.807, 2.05) is 11.8 Å². The maximum atomic E-state index is 10.7. The number of carboxylic acids is 1. The molecule has 76 valence electrons. The maximum Gasteiger partial charge on any atom is 0.347 e. The highest BCUT2D eigenvalue weighted by Gasteiger charge is 2.20. The quantitative estimate of drug-likeness (QED) is 0.846. The third-order valence-electron chi connectivity index (χ3n) is 2.30. The van der Waals surface area contributed by atoms with Crippen molar-refractivity contribution < 1.29 is 9.90 Å². The van der Waals surface area contributed by atoms with Crippen LogP contribution in [0.5, 0.6) is 0 Å². The fraction of sp³-hybridized carbons (Fsp3) is 0.556. The van der Waals surface area contributed by atoms with Gasteiger partial charge in [-0.05, 0) is 24.3 Å². The fourth-order valence-electron chi connectivity index (χ4n) is 1.52. The summed E-state index contributed by atoms with van der Waals surface area (Å²) in [5, 5.41) is 9.77. The molecule has 1 aliphatic heterocycles. The first kappa shape index (κ1) is 9.98. The van der Waals surface area contributed by atoms with Crippen molar-refractivity contribution in [2.75, 3.05) is 11.5 Å².